The molecule has 0 spiro atoms. The fourth-order valence-corrected chi connectivity index (χ4v) is 3.66. The average Bonchev–Trinajstić information content (AvgIpc) is 2.99. The first-order valence-electron chi connectivity index (χ1n) is 10.6. The number of amides is 6. The molecule has 0 saturated carbocycles. The van der Waals surface area contributed by atoms with E-state index in [0.29, 0.717) is 0 Å². The standard InChI is InChI=1S/C22H26N4O8/c1-22(2,3)14(9-34-21(23)32)24-16(28)10-33-13-6-4-5-11-17(13)20(31)26(19(11)30)12-7-8-15(27)25-18(12)29/h4-6,12,14H,7-10H2,1-3H3,(H2,23,32)(H,24,28)(H,25,27,29). The third-order valence-corrected chi connectivity index (χ3v) is 5.56. The van der Waals surface area contributed by atoms with Gasteiger partial charge >= 0.3 is 6.09 Å². The highest BCUT2D eigenvalue weighted by molar-refractivity contribution is 6.24. The summed E-state index contributed by atoms with van der Waals surface area (Å²) in [6.07, 6.45) is -0.943. The highest BCUT2D eigenvalue weighted by Gasteiger charge is 2.46. The van der Waals surface area contributed by atoms with Crippen LogP contribution in [0.25, 0.3) is 0 Å². The first-order chi connectivity index (χ1) is 15.9. The molecule has 2 heterocycles. The molecule has 2 unspecified atom stereocenters. The minimum atomic E-state index is -1.11. The Morgan fingerprint density at radius 1 is 1.21 bits per heavy atom. The lowest BCUT2D eigenvalue weighted by atomic mass is 9.87. The number of piperidine rings is 1. The van der Waals surface area contributed by atoms with Gasteiger partial charge in [-0.1, -0.05) is 26.8 Å². The van der Waals surface area contributed by atoms with Crippen LogP contribution in [-0.2, 0) is 19.1 Å². The normalized spacial score (nSPS) is 18.8. The third kappa shape index (κ3) is 5.16. The lowest BCUT2D eigenvalue weighted by molar-refractivity contribution is -0.136. The van der Waals surface area contributed by atoms with Gasteiger partial charge in [0.25, 0.3) is 17.7 Å². The first kappa shape index (κ1) is 24.7. The Hall–Kier alpha value is -3.96. The molecule has 0 aliphatic carbocycles. The number of carbonyl (C=O) groups excluding carboxylic acids is 6. The van der Waals surface area contributed by atoms with Gasteiger partial charge in [0.1, 0.15) is 18.4 Å². The van der Waals surface area contributed by atoms with Gasteiger partial charge in [0, 0.05) is 6.42 Å². The molecule has 1 aromatic carbocycles. The predicted octanol–water partition coefficient (Wildman–Crippen LogP) is 0.0928. The van der Waals surface area contributed by atoms with Crippen LogP contribution in [0.4, 0.5) is 4.79 Å². The highest BCUT2D eigenvalue weighted by atomic mass is 16.5. The summed E-state index contributed by atoms with van der Waals surface area (Å²) < 4.78 is 10.4. The van der Waals surface area contributed by atoms with E-state index in [2.05, 4.69) is 10.6 Å². The number of benzene rings is 1. The van der Waals surface area contributed by atoms with E-state index < -0.39 is 59.7 Å². The van der Waals surface area contributed by atoms with Gasteiger partial charge in [0.05, 0.1) is 17.2 Å². The molecule has 1 aromatic rings. The number of nitrogens with two attached hydrogens (primary N) is 1. The lowest BCUT2D eigenvalue weighted by Gasteiger charge is -2.30. The maximum absolute atomic E-state index is 13.1. The SMILES string of the molecule is CC(C)(C)C(COC(N)=O)NC(=O)COc1cccc2c1C(=O)N(C1CCC(=O)NC1=O)C2=O. The van der Waals surface area contributed by atoms with Crippen LogP contribution in [0.5, 0.6) is 5.75 Å². The fourth-order valence-electron chi connectivity index (χ4n) is 3.66. The van der Waals surface area contributed by atoms with Crippen molar-refractivity contribution in [2.24, 2.45) is 11.1 Å². The van der Waals surface area contributed by atoms with Crippen LogP contribution in [-0.4, -0.2) is 65.8 Å². The van der Waals surface area contributed by atoms with Crippen molar-refractivity contribution in [3.63, 3.8) is 0 Å². The van der Waals surface area contributed by atoms with Crippen molar-refractivity contribution in [2.45, 2.75) is 45.7 Å². The predicted molar refractivity (Wildman–Crippen MR) is 116 cm³/mol. The molecule has 12 heteroatoms. The Balaban J connectivity index is 1.72. The Morgan fingerprint density at radius 2 is 1.91 bits per heavy atom. The second kappa shape index (κ2) is 9.49. The number of fused-ring (bicyclic) bond motifs is 1. The van der Waals surface area contributed by atoms with E-state index in [1.807, 2.05) is 20.8 Å². The second-order valence-corrected chi connectivity index (χ2v) is 9.03. The summed E-state index contributed by atoms with van der Waals surface area (Å²) in [5, 5.41) is 4.83. The van der Waals surface area contributed by atoms with Gasteiger partial charge in [-0.3, -0.25) is 34.2 Å². The third-order valence-electron chi connectivity index (χ3n) is 5.56. The van der Waals surface area contributed by atoms with Crippen molar-refractivity contribution in [3.8, 4) is 5.75 Å². The van der Waals surface area contributed by atoms with E-state index in [1.165, 1.54) is 18.2 Å². The Kier molecular flexibility index (Phi) is 6.89. The smallest absolute Gasteiger partial charge is 0.404 e. The van der Waals surface area contributed by atoms with Crippen molar-refractivity contribution >= 4 is 35.6 Å². The highest BCUT2D eigenvalue weighted by Crippen LogP contribution is 2.33. The summed E-state index contributed by atoms with van der Waals surface area (Å²) >= 11 is 0. The van der Waals surface area contributed by atoms with Crippen LogP contribution in [0.15, 0.2) is 18.2 Å². The average molecular weight is 474 g/mol. The minimum Gasteiger partial charge on any atom is -0.483 e. The first-order valence-corrected chi connectivity index (χ1v) is 10.6. The van der Waals surface area contributed by atoms with Crippen LogP contribution >= 0.6 is 0 Å². The second-order valence-electron chi connectivity index (χ2n) is 9.03. The molecule has 0 radical (unpaired) electrons. The molecule has 0 aromatic heterocycles. The summed E-state index contributed by atoms with van der Waals surface area (Å²) in [6, 6.07) is 2.67. The zero-order valence-corrected chi connectivity index (χ0v) is 19.0. The molecule has 2 atom stereocenters. The Labute approximate surface area is 195 Å². The van der Waals surface area contributed by atoms with E-state index in [4.69, 9.17) is 15.2 Å². The summed E-state index contributed by atoms with van der Waals surface area (Å²) in [5.74, 6) is -3.17. The van der Waals surface area contributed by atoms with E-state index in [1.54, 1.807) is 0 Å². The summed E-state index contributed by atoms with van der Waals surface area (Å²) in [5.41, 5.74) is 4.51. The van der Waals surface area contributed by atoms with Crippen molar-refractivity contribution in [2.75, 3.05) is 13.2 Å². The zero-order chi connectivity index (χ0) is 25.2. The minimum absolute atomic E-state index is 0.00138. The van der Waals surface area contributed by atoms with Crippen LogP contribution in [0.2, 0.25) is 0 Å². The number of primary amides is 1. The van der Waals surface area contributed by atoms with E-state index >= 15 is 0 Å². The number of hydrogen-bond acceptors (Lipinski definition) is 8. The molecule has 1 fully saturated rings. The number of imide groups is 2. The molecule has 4 N–H and O–H groups in total. The van der Waals surface area contributed by atoms with Gasteiger partial charge in [0.2, 0.25) is 11.8 Å². The Bertz CT molecular complexity index is 1060. The summed E-state index contributed by atoms with van der Waals surface area (Å²) in [6.45, 7) is 4.88. The maximum Gasteiger partial charge on any atom is 0.404 e. The van der Waals surface area contributed by atoms with Crippen molar-refractivity contribution < 1.29 is 38.2 Å². The van der Waals surface area contributed by atoms with Gasteiger partial charge in [-0.2, -0.15) is 0 Å². The van der Waals surface area contributed by atoms with Gasteiger partial charge in [-0.25, -0.2) is 4.79 Å². The number of nitrogens with one attached hydrogen (secondary N) is 2. The van der Waals surface area contributed by atoms with Crippen LogP contribution in [0, 0.1) is 5.41 Å². The quantitative estimate of drug-likeness (QED) is 0.466. The molecule has 12 nitrogen and oxygen atoms in total. The number of carbonyl (C=O) groups is 6. The lowest BCUT2D eigenvalue weighted by Crippen LogP contribution is -2.54. The molecule has 1 saturated heterocycles. The topological polar surface area (TPSA) is 174 Å². The number of nitrogens with zero attached hydrogens (tertiary/aromatic N) is 1. The molecule has 34 heavy (non-hydrogen) atoms. The molecule has 0 bridgehead atoms. The molecule has 2 aliphatic rings. The van der Waals surface area contributed by atoms with Crippen LogP contribution in [0.1, 0.15) is 54.3 Å². The Morgan fingerprint density at radius 3 is 2.53 bits per heavy atom. The molecule has 2 aliphatic heterocycles. The maximum atomic E-state index is 13.1. The summed E-state index contributed by atoms with van der Waals surface area (Å²) in [4.78, 5) is 73.8. The monoisotopic (exact) mass is 474 g/mol. The van der Waals surface area contributed by atoms with Gasteiger partial charge in [0.15, 0.2) is 6.61 Å². The molecule has 3 rings (SSSR count). The van der Waals surface area contributed by atoms with Crippen molar-refractivity contribution in [1.29, 1.82) is 0 Å². The zero-order valence-electron chi connectivity index (χ0n) is 19.0. The van der Waals surface area contributed by atoms with Crippen molar-refractivity contribution in [1.82, 2.24) is 15.5 Å². The fraction of sp³-hybridized carbons (Fsp3) is 0.455. The molecular weight excluding hydrogens is 448 g/mol. The van der Waals surface area contributed by atoms with E-state index in [-0.39, 0.29) is 36.3 Å². The summed E-state index contributed by atoms with van der Waals surface area (Å²) in [7, 11) is 0. The van der Waals surface area contributed by atoms with Crippen molar-refractivity contribution in [3.05, 3.63) is 29.3 Å². The van der Waals surface area contributed by atoms with E-state index in [0.717, 1.165) is 4.90 Å². The van der Waals surface area contributed by atoms with Crippen LogP contribution in [0.3, 0.4) is 0 Å². The number of hydrogen-bond donors (Lipinski definition) is 3. The van der Waals surface area contributed by atoms with E-state index in [9.17, 15) is 28.8 Å². The molecule has 182 valence electrons. The largest absolute Gasteiger partial charge is 0.483 e. The number of rotatable bonds is 7. The molecule has 6 amide bonds. The van der Waals surface area contributed by atoms with Crippen LogP contribution < -0.4 is 21.1 Å². The van der Waals surface area contributed by atoms with Gasteiger partial charge < -0.3 is 20.5 Å². The van der Waals surface area contributed by atoms with Gasteiger partial charge in [-0.15, -0.1) is 0 Å². The molecular formula is C22H26N4O8. The van der Waals surface area contributed by atoms with Gasteiger partial charge in [-0.05, 0) is 24.0 Å². The number of ether oxygens (including phenoxy) is 2.